The van der Waals surface area contributed by atoms with E-state index in [-0.39, 0.29) is 11.4 Å². The number of nitrogens with two attached hydrogens (primary N) is 1. The van der Waals surface area contributed by atoms with Gasteiger partial charge in [-0.3, -0.25) is 0 Å². The highest BCUT2D eigenvalue weighted by Crippen LogP contribution is 2.15. The standard InChI is InChI=1S/C8H9N5O2S/c1-2-5-10-8(16-12-5)13-3-4(9)6(11-13)7(14)15/h3H,2,9H2,1H3,(H,14,15). The molecule has 16 heavy (non-hydrogen) atoms. The number of nitrogens with zero attached hydrogens (tertiary/aromatic N) is 4. The first-order chi connectivity index (χ1) is 7.61. The molecule has 0 aliphatic heterocycles. The largest absolute Gasteiger partial charge is 0.476 e. The number of aromatic nitrogens is 4. The van der Waals surface area contributed by atoms with Crippen molar-refractivity contribution in [1.82, 2.24) is 19.1 Å². The molecular weight excluding hydrogens is 230 g/mol. The minimum atomic E-state index is -1.16. The number of hydrogen-bond donors (Lipinski definition) is 2. The normalized spacial score (nSPS) is 10.6. The molecule has 3 N–H and O–H groups in total. The molecule has 0 atom stereocenters. The van der Waals surface area contributed by atoms with Crippen LogP contribution in [-0.4, -0.2) is 30.2 Å². The van der Waals surface area contributed by atoms with Gasteiger partial charge in [0.1, 0.15) is 5.82 Å². The van der Waals surface area contributed by atoms with Crippen LogP contribution in [0.4, 0.5) is 5.69 Å². The summed E-state index contributed by atoms with van der Waals surface area (Å²) >= 11 is 1.15. The lowest BCUT2D eigenvalue weighted by Crippen LogP contribution is -2.02. The molecule has 0 saturated carbocycles. The molecule has 0 aliphatic carbocycles. The minimum absolute atomic E-state index is 0.112. The summed E-state index contributed by atoms with van der Waals surface area (Å²) in [5.74, 6) is -0.456. The molecule has 2 rings (SSSR count). The van der Waals surface area contributed by atoms with Crippen molar-refractivity contribution in [3.63, 3.8) is 0 Å². The molecule has 0 aliphatic rings. The molecule has 7 nitrogen and oxygen atoms in total. The number of carboxylic acids is 1. The van der Waals surface area contributed by atoms with E-state index < -0.39 is 5.97 Å². The van der Waals surface area contributed by atoms with Crippen LogP contribution in [0.1, 0.15) is 23.2 Å². The Morgan fingerprint density at radius 3 is 2.94 bits per heavy atom. The van der Waals surface area contributed by atoms with Gasteiger partial charge in [0, 0.05) is 18.0 Å². The van der Waals surface area contributed by atoms with E-state index in [0.717, 1.165) is 18.0 Å². The first kappa shape index (κ1) is 10.6. The molecule has 2 aromatic rings. The van der Waals surface area contributed by atoms with Gasteiger partial charge >= 0.3 is 5.97 Å². The van der Waals surface area contributed by atoms with Gasteiger partial charge in [0.15, 0.2) is 5.69 Å². The van der Waals surface area contributed by atoms with Crippen LogP contribution >= 0.6 is 11.5 Å². The molecule has 8 heteroatoms. The van der Waals surface area contributed by atoms with Gasteiger partial charge in [-0.25, -0.2) is 14.5 Å². The fourth-order valence-electron chi connectivity index (χ4n) is 1.13. The number of aryl methyl sites for hydroxylation is 1. The van der Waals surface area contributed by atoms with Gasteiger partial charge in [0.05, 0.1) is 11.9 Å². The Kier molecular flexibility index (Phi) is 2.57. The average Bonchev–Trinajstić information content (AvgIpc) is 2.83. The number of carbonyl (C=O) groups is 1. The summed E-state index contributed by atoms with van der Waals surface area (Å²) in [5, 5.41) is 13.1. The lowest BCUT2D eigenvalue weighted by atomic mass is 10.4. The predicted molar refractivity (Wildman–Crippen MR) is 57.8 cm³/mol. The fourth-order valence-corrected chi connectivity index (χ4v) is 1.81. The summed E-state index contributed by atoms with van der Waals surface area (Å²) in [6.07, 6.45) is 2.14. The smallest absolute Gasteiger partial charge is 0.358 e. The van der Waals surface area contributed by atoms with E-state index >= 15 is 0 Å². The van der Waals surface area contributed by atoms with Crippen molar-refractivity contribution in [2.45, 2.75) is 13.3 Å². The number of carboxylic acid groups (broad SMARTS) is 1. The molecular formula is C8H9N5O2S. The maximum absolute atomic E-state index is 10.7. The quantitative estimate of drug-likeness (QED) is 0.810. The Bertz CT molecular complexity index is 532. The van der Waals surface area contributed by atoms with Crippen LogP contribution in [0.5, 0.6) is 0 Å². The van der Waals surface area contributed by atoms with Crippen LogP contribution < -0.4 is 5.73 Å². The summed E-state index contributed by atoms with van der Waals surface area (Å²) in [6.45, 7) is 1.94. The summed E-state index contributed by atoms with van der Waals surface area (Å²) in [4.78, 5) is 14.9. The second-order valence-corrected chi connectivity index (χ2v) is 3.76. The van der Waals surface area contributed by atoms with Gasteiger partial charge in [0.2, 0.25) is 5.13 Å². The number of anilines is 1. The fraction of sp³-hybridized carbons (Fsp3) is 0.250. The van der Waals surface area contributed by atoms with Crippen molar-refractivity contribution in [2.24, 2.45) is 0 Å². The molecule has 0 unspecified atom stereocenters. The van der Waals surface area contributed by atoms with Gasteiger partial charge in [-0.15, -0.1) is 0 Å². The third-order valence-electron chi connectivity index (χ3n) is 1.91. The highest BCUT2D eigenvalue weighted by atomic mass is 32.1. The summed E-state index contributed by atoms with van der Waals surface area (Å²) in [7, 11) is 0. The molecule has 0 fully saturated rings. The van der Waals surface area contributed by atoms with Crippen LogP contribution in [0, 0.1) is 0 Å². The Morgan fingerprint density at radius 1 is 1.69 bits per heavy atom. The van der Waals surface area contributed by atoms with Crippen molar-refractivity contribution < 1.29 is 9.90 Å². The average molecular weight is 239 g/mol. The molecule has 2 aromatic heterocycles. The van der Waals surface area contributed by atoms with E-state index in [4.69, 9.17) is 10.8 Å². The maximum Gasteiger partial charge on any atom is 0.358 e. The Balaban J connectivity index is 2.41. The first-order valence-corrected chi connectivity index (χ1v) is 5.30. The zero-order valence-electron chi connectivity index (χ0n) is 8.41. The molecule has 84 valence electrons. The van der Waals surface area contributed by atoms with E-state index in [2.05, 4.69) is 14.5 Å². The van der Waals surface area contributed by atoms with E-state index in [9.17, 15) is 4.79 Å². The molecule has 0 radical (unpaired) electrons. The second kappa shape index (κ2) is 3.89. The molecule has 0 aromatic carbocycles. The van der Waals surface area contributed by atoms with Crippen molar-refractivity contribution >= 4 is 23.2 Å². The topological polar surface area (TPSA) is 107 Å². The Labute approximate surface area is 94.7 Å². The van der Waals surface area contributed by atoms with Crippen molar-refractivity contribution in [2.75, 3.05) is 5.73 Å². The number of rotatable bonds is 3. The Morgan fingerprint density at radius 2 is 2.44 bits per heavy atom. The molecule has 0 bridgehead atoms. The van der Waals surface area contributed by atoms with Crippen molar-refractivity contribution in [3.05, 3.63) is 17.7 Å². The Hall–Kier alpha value is -1.96. The zero-order valence-corrected chi connectivity index (χ0v) is 9.23. The van der Waals surface area contributed by atoms with E-state index in [1.165, 1.54) is 10.9 Å². The maximum atomic E-state index is 10.7. The van der Waals surface area contributed by atoms with Gasteiger partial charge in [-0.05, 0) is 0 Å². The van der Waals surface area contributed by atoms with Gasteiger partial charge in [-0.2, -0.15) is 9.47 Å². The highest BCUT2D eigenvalue weighted by molar-refractivity contribution is 7.08. The van der Waals surface area contributed by atoms with Crippen LogP contribution in [0.2, 0.25) is 0 Å². The van der Waals surface area contributed by atoms with Crippen LogP contribution in [-0.2, 0) is 6.42 Å². The predicted octanol–water partition coefficient (Wildman–Crippen LogP) is 0.567. The second-order valence-electron chi connectivity index (χ2n) is 3.03. The van der Waals surface area contributed by atoms with Gasteiger partial charge < -0.3 is 10.8 Å². The van der Waals surface area contributed by atoms with Crippen molar-refractivity contribution in [1.29, 1.82) is 0 Å². The molecule has 0 amide bonds. The third kappa shape index (κ3) is 1.74. The van der Waals surface area contributed by atoms with Gasteiger partial charge in [-0.1, -0.05) is 6.92 Å². The lowest BCUT2D eigenvalue weighted by molar-refractivity contribution is 0.0691. The monoisotopic (exact) mass is 239 g/mol. The van der Waals surface area contributed by atoms with Gasteiger partial charge in [0.25, 0.3) is 0 Å². The number of aromatic carboxylic acids is 1. The molecule has 0 saturated heterocycles. The minimum Gasteiger partial charge on any atom is -0.476 e. The van der Waals surface area contributed by atoms with Crippen molar-refractivity contribution in [3.8, 4) is 5.13 Å². The van der Waals surface area contributed by atoms with Crippen LogP contribution in [0.25, 0.3) is 5.13 Å². The summed E-state index contributed by atoms with van der Waals surface area (Å²) < 4.78 is 5.41. The van der Waals surface area contributed by atoms with E-state index in [0.29, 0.717) is 11.0 Å². The summed E-state index contributed by atoms with van der Waals surface area (Å²) in [5.41, 5.74) is 5.45. The third-order valence-corrected chi connectivity index (χ3v) is 2.66. The van der Waals surface area contributed by atoms with E-state index in [1.807, 2.05) is 6.92 Å². The molecule has 2 heterocycles. The SMILES string of the molecule is CCc1nsc(-n2cc(N)c(C(=O)O)n2)n1. The highest BCUT2D eigenvalue weighted by Gasteiger charge is 2.15. The summed E-state index contributed by atoms with van der Waals surface area (Å²) in [6, 6.07) is 0. The first-order valence-electron chi connectivity index (χ1n) is 4.53. The molecule has 0 spiro atoms. The number of hydrogen-bond acceptors (Lipinski definition) is 6. The van der Waals surface area contributed by atoms with Crippen LogP contribution in [0.3, 0.4) is 0 Å². The zero-order chi connectivity index (χ0) is 11.7. The number of nitrogen functional groups attached to an aromatic ring is 1. The van der Waals surface area contributed by atoms with E-state index in [1.54, 1.807) is 0 Å². The lowest BCUT2D eigenvalue weighted by Gasteiger charge is -1.90. The van der Waals surface area contributed by atoms with Crippen LogP contribution in [0.15, 0.2) is 6.20 Å².